The van der Waals surface area contributed by atoms with E-state index >= 15 is 0 Å². The molecule has 0 heterocycles. The van der Waals surface area contributed by atoms with E-state index in [0.717, 1.165) is 17.7 Å². The van der Waals surface area contributed by atoms with Gasteiger partial charge in [0.25, 0.3) is 5.91 Å². The lowest BCUT2D eigenvalue weighted by atomic mass is 10.1. The van der Waals surface area contributed by atoms with Crippen molar-refractivity contribution in [3.8, 4) is 17.6 Å². The summed E-state index contributed by atoms with van der Waals surface area (Å²) in [5.74, 6) is 1.13. The van der Waals surface area contributed by atoms with Crippen molar-refractivity contribution < 1.29 is 14.3 Å². The Balaban J connectivity index is 1.71. The van der Waals surface area contributed by atoms with Crippen molar-refractivity contribution >= 4 is 5.91 Å². The molecule has 0 radical (unpaired) electrons. The number of amides is 1. The predicted molar refractivity (Wildman–Crippen MR) is 86.4 cm³/mol. The van der Waals surface area contributed by atoms with Crippen LogP contribution in [0, 0.1) is 11.3 Å². The Morgan fingerprint density at radius 1 is 1.17 bits per heavy atom. The molecule has 0 unspecified atom stereocenters. The Bertz CT molecular complexity index is 690. The van der Waals surface area contributed by atoms with Gasteiger partial charge in [0.1, 0.15) is 11.5 Å². The Kier molecular flexibility index (Phi) is 6.01. The van der Waals surface area contributed by atoms with E-state index in [9.17, 15) is 4.79 Å². The number of hydrogen-bond donors (Lipinski definition) is 1. The SMILES string of the molecule is COc1ccc(CCNC(=O)COc2cccc(C#N)c2)cc1. The van der Waals surface area contributed by atoms with Crippen molar-refractivity contribution in [2.24, 2.45) is 0 Å². The van der Waals surface area contributed by atoms with E-state index in [1.807, 2.05) is 30.3 Å². The van der Waals surface area contributed by atoms with Crippen molar-refractivity contribution in [2.75, 3.05) is 20.3 Å². The fourth-order valence-electron chi connectivity index (χ4n) is 1.99. The third-order valence-corrected chi connectivity index (χ3v) is 3.23. The molecule has 0 saturated carbocycles. The highest BCUT2D eigenvalue weighted by Crippen LogP contribution is 2.12. The third-order valence-electron chi connectivity index (χ3n) is 3.23. The fraction of sp³-hybridized carbons (Fsp3) is 0.222. The summed E-state index contributed by atoms with van der Waals surface area (Å²) in [6.07, 6.45) is 0.736. The number of nitriles is 1. The van der Waals surface area contributed by atoms with Crippen LogP contribution >= 0.6 is 0 Å². The first-order chi connectivity index (χ1) is 11.2. The Morgan fingerprint density at radius 2 is 1.96 bits per heavy atom. The van der Waals surface area contributed by atoms with Crippen LogP contribution in [0.2, 0.25) is 0 Å². The maximum Gasteiger partial charge on any atom is 0.257 e. The second-order valence-electron chi connectivity index (χ2n) is 4.88. The van der Waals surface area contributed by atoms with E-state index < -0.39 is 0 Å². The van der Waals surface area contributed by atoms with Gasteiger partial charge in [0.15, 0.2) is 6.61 Å². The zero-order chi connectivity index (χ0) is 16.5. The van der Waals surface area contributed by atoms with Gasteiger partial charge in [0.2, 0.25) is 0 Å². The van der Waals surface area contributed by atoms with Crippen molar-refractivity contribution in [1.29, 1.82) is 5.26 Å². The first-order valence-electron chi connectivity index (χ1n) is 7.24. The molecule has 0 spiro atoms. The van der Waals surface area contributed by atoms with Crippen LogP contribution in [0.3, 0.4) is 0 Å². The van der Waals surface area contributed by atoms with Crippen LogP contribution in [0.15, 0.2) is 48.5 Å². The lowest BCUT2D eigenvalue weighted by molar-refractivity contribution is -0.123. The average Bonchev–Trinajstić information content (AvgIpc) is 2.61. The molecule has 0 aliphatic rings. The van der Waals surface area contributed by atoms with Crippen molar-refractivity contribution in [3.05, 3.63) is 59.7 Å². The monoisotopic (exact) mass is 310 g/mol. The molecule has 2 rings (SSSR count). The van der Waals surface area contributed by atoms with E-state index in [0.29, 0.717) is 17.9 Å². The maximum absolute atomic E-state index is 11.7. The molecule has 1 amide bonds. The highest BCUT2D eigenvalue weighted by atomic mass is 16.5. The molecule has 1 N–H and O–H groups in total. The number of methoxy groups -OCH3 is 1. The van der Waals surface area contributed by atoms with Gasteiger partial charge in [-0.15, -0.1) is 0 Å². The zero-order valence-corrected chi connectivity index (χ0v) is 12.9. The van der Waals surface area contributed by atoms with Gasteiger partial charge in [-0.1, -0.05) is 18.2 Å². The van der Waals surface area contributed by atoms with Crippen LogP contribution in [0.1, 0.15) is 11.1 Å². The van der Waals surface area contributed by atoms with Crippen LogP contribution in [0.4, 0.5) is 0 Å². The predicted octanol–water partition coefficient (Wildman–Crippen LogP) is 2.30. The van der Waals surface area contributed by atoms with E-state index in [4.69, 9.17) is 14.7 Å². The number of nitrogens with zero attached hydrogens (tertiary/aromatic N) is 1. The lowest BCUT2D eigenvalue weighted by Crippen LogP contribution is -2.30. The van der Waals surface area contributed by atoms with Gasteiger partial charge in [-0.2, -0.15) is 5.26 Å². The highest BCUT2D eigenvalue weighted by molar-refractivity contribution is 5.77. The number of nitrogens with one attached hydrogen (secondary N) is 1. The average molecular weight is 310 g/mol. The number of carbonyl (C=O) groups excluding carboxylic acids is 1. The molecule has 118 valence electrons. The summed E-state index contributed by atoms with van der Waals surface area (Å²) < 4.78 is 10.5. The Morgan fingerprint density at radius 3 is 2.65 bits per heavy atom. The summed E-state index contributed by atoms with van der Waals surface area (Å²) in [6.45, 7) is 0.463. The summed E-state index contributed by atoms with van der Waals surface area (Å²) in [5, 5.41) is 11.6. The Labute approximate surface area is 135 Å². The normalized spacial score (nSPS) is 9.74. The molecule has 0 aliphatic carbocycles. The van der Waals surface area contributed by atoms with Crippen LogP contribution in [0.25, 0.3) is 0 Å². The number of rotatable bonds is 7. The number of hydrogen-bond acceptors (Lipinski definition) is 4. The van der Waals surface area contributed by atoms with Crippen molar-refractivity contribution in [2.45, 2.75) is 6.42 Å². The third kappa shape index (κ3) is 5.36. The summed E-state index contributed by atoms with van der Waals surface area (Å²) in [7, 11) is 1.63. The van der Waals surface area contributed by atoms with Gasteiger partial charge in [-0.3, -0.25) is 4.79 Å². The minimum Gasteiger partial charge on any atom is -0.497 e. The molecule has 0 fully saturated rings. The minimum absolute atomic E-state index is 0.0719. The van der Waals surface area contributed by atoms with Crippen LogP contribution < -0.4 is 14.8 Å². The smallest absolute Gasteiger partial charge is 0.257 e. The van der Waals surface area contributed by atoms with Crippen LogP contribution in [-0.2, 0) is 11.2 Å². The molecule has 0 saturated heterocycles. The fourth-order valence-corrected chi connectivity index (χ4v) is 1.99. The van der Waals surface area contributed by atoms with E-state index in [-0.39, 0.29) is 12.5 Å². The number of carbonyl (C=O) groups is 1. The lowest BCUT2D eigenvalue weighted by Gasteiger charge is -2.08. The molecule has 0 aliphatic heterocycles. The second kappa shape index (κ2) is 8.44. The van der Waals surface area contributed by atoms with Gasteiger partial charge in [-0.25, -0.2) is 0 Å². The maximum atomic E-state index is 11.7. The molecule has 2 aromatic rings. The molecule has 0 aromatic heterocycles. The van der Waals surface area contributed by atoms with E-state index in [1.165, 1.54) is 0 Å². The Hall–Kier alpha value is -3.00. The van der Waals surface area contributed by atoms with Gasteiger partial charge >= 0.3 is 0 Å². The largest absolute Gasteiger partial charge is 0.497 e. The molecule has 5 nitrogen and oxygen atoms in total. The zero-order valence-electron chi connectivity index (χ0n) is 12.9. The molecule has 2 aromatic carbocycles. The molecule has 0 atom stereocenters. The van der Waals surface area contributed by atoms with Gasteiger partial charge in [0.05, 0.1) is 18.7 Å². The molecule has 23 heavy (non-hydrogen) atoms. The van der Waals surface area contributed by atoms with E-state index in [2.05, 4.69) is 5.32 Å². The second-order valence-corrected chi connectivity index (χ2v) is 4.88. The van der Waals surface area contributed by atoms with Gasteiger partial charge in [0, 0.05) is 6.54 Å². The van der Waals surface area contributed by atoms with Crippen molar-refractivity contribution in [1.82, 2.24) is 5.32 Å². The standard InChI is InChI=1S/C18H18N2O3/c1-22-16-7-5-14(6-8-16)9-10-20-18(21)13-23-17-4-2-3-15(11-17)12-19/h2-8,11H,9-10,13H2,1H3,(H,20,21). The summed E-state index contributed by atoms with van der Waals surface area (Å²) in [6, 6.07) is 16.5. The number of ether oxygens (including phenoxy) is 2. The molecular formula is C18H18N2O3. The highest BCUT2D eigenvalue weighted by Gasteiger charge is 2.03. The van der Waals surface area contributed by atoms with Crippen LogP contribution in [-0.4, -0.2) is 26.2 Å². The summed E-state index contributed by atoms with van der Waals surface area (Å²) >= 11 is 0. The quantitative estimate of drug-likeness (QED) is 0.852. The molecule has 5 heteroatoms. The first-order valence-corrected chi connectivity index (χ1v) is 7.24. The summed E-state index contributed by atoms with van der Waals surface area (Å²) in [5.41, 5.74) is 1.62. The topological polar surface area (TPSA) is 71.3 Å². The summed E-state index contributed by atoms with van der Waals surface area (Å²) in [4.78, 5) is 11.7. The first kappa shape index (κ1) is 16.4. The van der Waals surface area contributed by atoms with E-state index in [1.54, 1.807) is 31.4 Å². The molecule has 0 bridgehead atoms. The number of benzene rings is 2. The van der Waals surface area contributed by atoms with Gasteiger partial charge in [-0.05, 0) is 42.3 Å². The van der Waals surface area contributed by atoms with Gasteiger partial charge < -0.3 is 14.8 Å². The van der Waals surface area contributed by atoms with Crippen LogP contribution in [0.5, 0.6) is 11.5 Å². The molecular weight excluding hydrogens is 292 g/mol. The van der Waals surface area contributed by atoms with Crippen molar-refractivity contribution in [3.63, 3.8) is 0 Å². The minimum atomic E-state index is -0.194.